The highest BCUT2D eigenvalue weighted by Gasteiger charge is 2.22. The monoisotopic (exact) mass is 292 g/mol. The van der Waals surface area contributed by atoms with Gasteiger partial charge in [0.25, 0.3) is 5.69 Å². The lowest BCUT2D eigenvalue weighted by molar-refractivity contribution is -0.384. The second-order valence-electron chi connectivity index (χ2n) is 4.21. The number of nitro benzene ring substituents is 1. The first-order chi connectivity index (χ1) is 10.1. The van der Waals surface area contributed by atoms with Gasteiger partial charge in [-0.05, 0) is 6.54 Å². The summed E-state index contributed by atoms with van der Waals surface area (Å²) < 4.78 is 11.9. The topological polar surface area (TPSA) is 105 Å². The summed E-state index contributed by atoms with van der Waals surface area (Å²) >= 11 is 0. The molecule has 1 aromatic carbocycles. The average molecular weight is 292 g/mol. The number of hydrogen-bond donors (Lipinski definition) is 1. The van der Waals surface area contributed by atoms with Crippen LogP contribution in [0, 0.1) is 10.1 Å². The fraction of sp³-hybridized carbons (Fsp3) is 0.308. The van der Waals surface area contributed by atoms with Crippen LogP contribution in [0.1, 0.15) is 5.82 Å². The summed E-state index contributed by atoms with van der Waals surface area (Å²) in [6.07, 6.45) is 3.74. The maximum atomic E-state index is 11.3. The summed E-state index contributed by atoms with van der Waals surface area (Å²) in [5.74, 6) is 1.35. The molecule has 0 saturated heterocycles. The minimum absolute atomic E-state index is 0.0936. The lowest BCUT2D eigenvalue weighted by atomic mass is 10.2. The first-order valence-electron chi connectivity index (χ1n) is 6.25. The number of benzene rings is 1. The molecule has 0 saturated carbocycles. The molecule has 0 amide bonds. The summed E-state index contributed by atoms with van der Waals surface area (Å²) in [5.41, 5.74) is 5.80. The number of nitrogens with zero attached hydrogens (tertiary/aromatic N) is 3. The van der Waals surface area contributed by atoms with Gasteiger partial charge in [-0.15, -0.1) is 0 Å². The van der Waals surface area contributed by atoms with Gasteiger partial charge in [-0.2, -0.15) is 0 Å². The Balaban J connectivity index is 2.65. The normalized spacial score (nSPS) is 10.4. The molecular weight excluding hydrogens is 276 g/mol. The minimum atomic E-state index is -0.469. The van der Waals surface area contributed by atoms with Crippen molar-refractivity contribution in [2.45, 2.75) is 6.42 Å². The third kappa shape index (κ3) is 2.79. The van der Waals surface area contributed by atoms with Crippen LogP contribution in [0.3, 0.4) is 0 Å². The fourth-order valence-electron chi connectivity index (χ4n) is 2.06. The minimum Gasteiger partial charge on any atom is -0.493 e. The largest absolute Gasteiger partial charge is 0.493 e. The standard InChI is InChI=1S/C13H16N4O4/c1-20-11-7-9(10(17(18)19)8-12(11)21-2)16-6-5-15-13(16)3-4-14/h5-8H,3-4,14H2,1-2H3. The second-order valence-corrected chi connectivity index (χ2v) is 4.21. The molecule has 0 spiro atoms. The van der Waals surface area contributed by atoms with Gasteiger partial charge in [0.2, 0.25) is 0 Å². The molecule has 2 rings (SSSR count). The molecule has 2 N–H and O–H groups in total. The van der Waals surface area contributed by atoms with Gasteiger partial charge in [0.1, 0.15) is 11.5 Å². The average Bonchev–Trinajstić information content (AvgIpc) is 2.94. The lowest BCUT2D eigenvalue weighted by Crippen LogP contribution is -2.10. The van der Waals surface area contributed by atoms with Crippen LogP contribution in [0.15, 0.2) is 24.5 Å². The zero-order valence-electron chi connectivity index (χ0n) is 11.8. The number of aromatic nitrogens is 2. The van der Waals surface area contributed by atoms with Crippen molar-refractivity contribution >= 4 is 5.69 Å². The number of ether oxygens (including phenoxy) is 2. The van der Waals surface area contributed by atoms with Gasteiger partial charge in [0, 0.05) is 24.9 Å². The Morgan fingerprint density at radius 2 is 2.00 bits per heavy atom. The van der Waals surface area contributed by atoms with E-state index in [1.165, 1.54) is 20.3 Å². The van der Waals surface area contributed by atoms with E-state index in [1.54, 1.807) is 23.0 Å². The molecule has 0 aliphatic carbocycles. The summed E-state index contributed by atoms with van der Waals surface area (Å²) in [5, 5.41) is 11.3. The zero-order chi connectivity index (χ0) is 15.4. The highest BCUT2D eigenvalue weighted by molar-refractivity contribution is 5.62. The molecule has 8 heteroatoms. The third-order valence-electron chi connectivity index (χ3n) is 3.02. The predicted molar refractivity (Wildman–Crippen MR) is 76.1 cm³/mol. The van der Waals surface area contributed by atoms with Crippen molar-refractivity contribution in [3.8, 4) is 17.2 Å². The highest BCUT2D eigenvalue weighted by Crippen LogP contribution is 2.36. The van der Waals surface area contributed by atoms with Crippen molar-refractivity contribution in [3.63, 3.8) is 0 Å². The summed E-state index contributed by atoms with van der Waals surface area (Å²) in [6, 6.07) is 2.89. The number of imidazole rings is 1. The number of rotatable bonds is 6. The Bertz CT molecular complexity index is 654. The maximum absolute atomic E-state index is 11.3. The molecule has 112 valence electrons. The Morgan fingerprint density at radius 1 is 1.33 bits per heavy atom. The van der Waals surface area contributed by atoms with Crippen LogP contribution >= 0.6 is 0 Å². The third-order valence-corrected chi connectivity index (χ3v) is 3.02. The van der Waals surface area contributed by atoms with E-state index in [9.17, 15) is 10.1 Å². The quantitative estimate of drug-likeness (QED) is 0.635. The van der Waals surface area contributed by atoms with E-state index in [1.807, 2.05) is 0 Å². The summed E-state index contributed by atoms with van der Waals surface area (Å²) in [4.78, 5) is 15.0. The Hall–Kier alpha value is -2.61. The molecule has 21 heavy (non-hydrogen) atoms. The molecule has 0 aliphatic rings. The van der Waals surface area contributed by atoms with Crippen molar-refractivity contribution in [2.24, 2.45) is 5.73 Å². The summed E-state index contributed by atoms with van der Waals surface area (Å²) in [7, 11) is 2.90. The van der Waals surface area contributed by atoms with Crippen LogP contribution < -0.4 is 15.2 Å². The fourth-order valence-corrected chi connectivity index (χ4v) is 2.06. The number of hydrogen-bond acceptors (Lipinski definition) is 6. The van der Waals surface area contributed by atoms with Gasteiger partial charge in [-0.3, -0.25) is 14.7 Å². The smallest absolute Gasteiger partial charge is 0.297 e. The highest BCUT2D eigenvalue weighted by atomic mass is 16.6. The Kier molecular flexibility index (Phi) is 4.39. The van der Waals surface area contributed by atoms with Crippen molar-refractivity contribution in [2.75, 3.05) is 20.8 Å². The Labute approximate surface area is 121 Å². The van der Waals surface area contributed by atoms with Gasteiger partial charge in [-0.25, -0.2) is 4.98 Å². The molecule has 0 bridgehead atoms. The first-order valence-corrected chi connectivity index (χ1v) is 6.25. The van der Waals surface area contributed by atoms with Gasteiger partial charge in [-0.1, -0.05) is 0 Å². The van der Waals surface area contributed by atoms with E-state index in [-0.39, 0.29) is 5.69 Å². The molecule has 0 fully saturated rings. The number of methoxy groups -OCH3 is 2. The van der Waals surface area contributed by atoms with Gasteiger partial charge in [0.15, 0.2) is 11.5 Å². The van der Waals surface area contributed by atoms with Crippen LogP contribution in [0.5, 0.6) is 11.5 Å². The second kappa shape index (κ2) is 6.23. The van der Waals surface area contributed by atoms with Gasteiger partial charge < -0.3 is 15.2 Å². The zero-order valence-corrected chi connectivity index (χ0v) is 11.8. The van der Waals surface area contributed by atoms with Crippen LogP contribution in [-0.2, 0) is 6.42 Å². The molecule has 0 atom stereocenters. The number of nitro groups is 1. The van der Waals surface area contributed by atoms with Crippen LogP contribution in [-0.4, -0.2) is 35.2 Å². The van der Waals surface area contributed by atoms with E-state index in [2.05, 4.69) is 4.98 Å². The van der Waals surface area contributed by atoms with E-state index in [0.717, 1.165) is 0 Å². The van der Waals surface area contributed by atoms with E-state index < -0.39 is 4.92 Å². The summed E-state index contributed by atoms with van der Waals surface area (Å²) in [6.45, 7) is 0.401. The SMILES string of the molecule is COc1cc(-n2ccnc2CCN)c([N+](=O)[O-])cc1OC. The molecular formula is C13H16N4O4. The molecule has 0 unspecified atom stereocenters. The van der Waals surface area contributed by atoms with E-state index >= 15 is 0 Å². The van der Waals surface area contributed by atoms with Crippen LogP contribution in [0.25, 0.3) is 5.69 Å². The van der Waals surface area contributed by atoms with Crippen molar-refractivity contribution in [1.82, 2.24) is 9.55 Å². The van der Waals surface area contributed by atoms with Crippen LogP contribution in [0.4, 0.5) is 5.69 Å². The van der Waals surface area contributed by atoms with Crippen molar-refractivity contribution in [3.05, 3.63) is 40.5 Å². The maximum Gasteiger partial charge on any atom is 0.297 e. The molecule has 8 nitrogen and oxygen atoms in total. The van der Waals surface area contributed by atoms with E-state index in [4.69, 9.17) is 15.2 Å². The lowest BCUT2D eigenvalue weighted by Gasteiger charge is -2.12. The van der Waals surface area contributed by atoms with Gasteiger partial charge in [0.05, 0.1) is 25.2 Å². The first kappa shape index (κ1) is 14.8. The molecule has 1 aromatic heterocycles. The van der Waals surface area contributed by atoms with Crippen molar-refractivity contribution < 1.29 is 14.4 Å². The van der Waals surface area contributed by atoms with Gasteiger partial charge >= 0.3 is 0 Å². The number of nitrogens with two attached hydrogens (primary N) is 1. The molecule has 2 aromatic rings. The molecule has 0 radical (unpaired) electrons. The van der Waals surface area contributed by atoms with Crippen molar-refractivity contribution in [1.29, 1.82) is 0 Å². The van der Waals surface area contributed by atoms with E-state index in [0.29, 0.717) is 36.0 Å². The molecule has 1 heterocycles. The predicted octanol–water partition coefficient (Wildman–Crippen LogP) is 1.30. The molecule has 0 aliphatic heterocycles. The van der Waals surface area contributed by atoms with Crippen LogP contribution in [0.2, 0.25) is 0 Å². The Morgan fingerprint density at radius 3 is 2.57 bits per heavy atom.